The molecule has 1 amide bonds. The van der Waals surface area contributed by atoms with Gasteiger partial charge >= 0.3 is 17.9 Å². The Morgan fingerprint density at radius 2 is 2.09 bits per heavy atom. The fourth-order valence-electron chi connectivity index (χ4n) is 3.98. The molecular formula is C15H17NO7. The average Bonchev–Trinajstić information content (AvgIpc) is 3.07. The van der Waals surface area contributed by atoms with E-state index < -0.39 is 53.8 Å². The normalized spacial score (nSPS) is 36.5. The van der Waals surface area contributed by atoms with Gasteiger partial charge in [0.05, 0.1) is 11.8 Å². The molecule has 0 aromatic carbocycles. The fourth-order valence-corrected chi connectivity index (χ4v) is 3.98. The van der Waals surface area contributed by atoms with Crippen molar-refractivity contribution in [3.05, 3.63) is 12.2 Å². The first-order valence-electron chi connectivity index (χ1n) is 7.37. The third kappa shape index (κ3) is 2.38. The Kier molecular flexibility index (Phi) is 3.62. The van der Waals surface area contributed by atoms with Crippen molar-refractivity contribution in [3.63, 3.8) is 0 Å². The summed E-state index contributed by atoms with van der Waals surface area (Å²) in [7, 11) is 0. The maximum Gasteiger partial charge on any atom is 0.325 e. The van der Waals surface area contributed by atoms with Gasteiger partial charge in [-0.1, -0.05) is 6.58 Å². The van der Waals surface area contributed by atoms with E-state index in [0.717, 1.165) is 0 Å². The summed E-state index contributed by atoms with van der Waals surface area (Å²) in [4.78, 5) is 46.5. The van der Waals surface area contributed by atoms with Crippen LogP contribution in [-0.4, -0.2) is 47.7 Å². The van der Waals surface area contributed by atoms with E-state index in [1.54, 1.807) is 0 Å². The molecule has 2 bridgehead atoms. The highest BCUT2D eigenvalue weighted by Gasteiger charge is 2.69. The molecule has 2 saturated carbocycles. The number of carboxylic acids is 1. The molecule has 23 heavy (non-hydrogen) atoms. The molecule has 2 N–H and O–H groups in total. The summed E-state index contributed by atoms with van der Waals surface area (Å²) in [5.41, 5.74) is 0.260. The van der Waals surface area contributed by atoms with E-state index in [1.807, 2.05) is 0 Å². The molecule has 3 fully saturated rings. The summed E-state index contributed by atoms with van der Waals surface area (Å²) in [5.74, 6) is -4.92. The Labute approximate surface area is 131 Å². The first-order valence-corrected chi connectivity index (χ1v) is 7.37. The molecule has 8 nitrogen and oxygen atoms in total. The zero-order valence-corrected chi connectivity index (χ0v) is 12.5. The zero-order valence-electron chi connectivity index (χ0n) is 12.5. The Morgan fingerprint density at radius 1 is 1.39 bits per heavy atom. The highest BCUT2D eigenvalue weighted by molar-refractivity contribution is 5.94. The van der Waals surface area contributed by atoms with Gasteiger partial charge in [0.15, 0.2) is 0 Å². The molecule has 3 rings (SSSR count). The summed E-state index contributed by atoms with van der Waals surface area (Å²) < 4.78 is 10.5. The number of aliphatic carboxylic acids is 1. The van der Waals surface area contributed by atoms with Gasteiger partial charge in [0.2, 0.25) is 5.91 Å². The van der Waals surface area contributed by atoms with Gasteiger partial charge in [0.1, 0.15) is 18.8 Å². The first kappa shape index (κ1) is 15.5. The van der Waals surface area contributed by atoms with Gasteiger partial charge in [-0.25, -0.2) is 0 Å². The number of fused-ring (bicyclic) bond motifs is 1. The molecule has 0 spiro atoms. The summed E-state index contributed by atoms with van der Waals surface area (Å²) in [6.45, 7) is 4.61. The van der Waals surface area contributed by atoms with Crippen molar-refractivity contribution >= 4 is 23.8 Å². The molecule has 0 aromatic rings. The van der Waals surface area contributed by atoms with E-state index in [2.05, 4.69) is 11.9 Å². The number of amides is 1. The maximum absolute atomic E-state index is 11.9. The predicted molar refractivity (Wildman–Crippen MR) is 73.8 cm³/mol. The van der Waals surface area contributed by atoms with Crippen molar-refractivity contribution in [3.8, 4) is 0 Å². The molecular weight excluding hydrogens is 306 g/mol. The van der Waals surface area contributed by atoms with Gasteiger partial charge in [0, 0.05) is 17.4 Å². The van der Waals surface area contributed by atoms with Crippen LogP contribution in [0.3, 0.4) is 0 Å². The van der Waals surface area contributed by atoms with E-state index in [1.165, 1.54) is 6.92 Å². The minimum absolute atomic E-state index is 0.212. The van der Waals surface area contributed by atoms with Crippen LogP contribution in [0.15, 0.2) is 12.2 Å². The second-order valence-electron chi connectivity index (χ2n) is 6.27. The molecule has 1 heterocycles. The molecule has 2 aliphatic carbocycles. The fraction of sp³-hybridized carbons (Fsp3) is 0.600. The minimum Gasteiger partial charge on any atom is -0.481 e. The van der Waals surface area contributed by atoms with Crippen LogP contribution < -0.4 is 5.32 Å². The average molecular weight is 323 g/mol. The number of carbonyl (C=O) groups excluding carboxylic acids is 3. The smallest absolute Gasteiger partial charge is 0.325 e. The predicted octanol–water partition coefficient (Wildman–Crippen LogP) is -0.517. The first-order chi connectivity index (χ1) is 10.8. The van der Waals surface area contributed by atoms with Crippen LogP contribution in [0.5, 0.6) is 0 Å². The summed E-state index contributed by atoms with van der Waals surface area (Å²) in [6, 6.07) is 0. The Morgan fingerprint density at radius 3 is 2.70 bits per heavy atom. The molecule has 1 aliphatic heterocycles. The van der Waals surface area contributed by atoms with Gasteiger partial charge in [-0.15, -0.1) is 0 Å². The number of carbonyl (C=O) groups is 4. The number of esters is 2. The molecule has 0 radical (unpaired) electrons. The molecule has 6 atom stereocenters. The van der Waals surface area contributed by atoms with Crippen molar-refractivity contribution in [2.45, 2.75) is 25.6 Å². The van der Waals surface area contributed by atoms with Crippen LogP contribution in [0.1, 0.15) is 13.3 Å². The third-order valence-electron chi connectivity index (χ3n) is 4.88. The topological polar surface area (TPSA) is 119 Å². The molecule has 124 valence electrons. The lowest BCUT2D eigenvalue weighted by atomic mass is 9.78. The van der Waals surface area contributed by atoms with Gasteiger partial charge in [0.25, 0.3) is 0 Å². The van der Waals surface area contributed by atoms with Crippen LogP contribution in [0.4, 0.5) is 0 Å². The van der Waals surface area contributed by atoms with Crippen LogP contribution >= 0.6 is 0 Å². The van der Waals surface area contributed by atoms with Crippen molar-refractivity contribution < 1.29 is 33.8 Å². The minimum atomic E-state index is -1.07. The number of rotatable bonds is 5. The van der Waals surface area contributed by atoms with Crippen LogP contribution in [0, 0.1) is 23.7 Å². The number of carboxylic acid groups (broad SMARTS) is 1. The van der Waals surface area contributed by atoms with Crippen LogP contribution in [0.2, 0.25) is 0 Å². The van der Waals surface area contributed by atoms with Crippen molar-refractivity contribution in [1.82, 2.24) is 5.32 Å². The second-order valence-corrected chi connectivity index (χ2v) is 6.27. The maximum atomic E-state index is 11.9. The van der Waals surface area contributed by atoms with Crippen molar-refractivity contribution in [2.75, 3.05) is 6.54 Å². The summed E-state index contributed by atoms with van der Waals surface area (Å²) in [5, 5.41) is 11.7. The standard InChI is InChI=1S/C15H17NO7/c1-5(2)13(18)16-4-8(17)22-11-6-3-7-10(9(6)14(19)20)15(21)23-12(7)11/h6-7,9-12H,1,3-4H2,2H3,(H,16,18)(H,19,20). The highest BCUT2D eigenvalue weighted by atomic mass is 16.6. The number of hydrogen-bond acceptors (Lipinski definition) is 6. The van der Waals surface area contributed by atoms with E-state index in [9.17, 15) is 24.3 Å². The molecule has 6 unspecified atom stereocenters. The molecule has 1 saturated heterocycles. The van der Waals surface area contributed by atoms with Gasteiger partial charge in [-0.2, -0.15) is 0 Å². The van der Waals surface area contributed by atoms with Gasteiger partial charge in [-0.05, 0) is 13.3 Å². The monoisotopic (exact) mass is 323 g/mol. The Bertz CT molecular complexity index is 613. The van der Waals surface area contributed by atoms with Crippen LogP contribution in [-0.2, 0) is 28.7 Å². The number of nitrogens with one attached hydrogen (secondary N) is 1. The summed E-state index contributed by atoms with van der Waals surface area (Å²) in [6.07, 6.45) is -0.847. The highest BCUT2D eigenvalue weighted by Crippen LogP contribution is 2.58. The SMILES string of the molecule is C=C(C)C(=O)NCC(=O)OC1C2CC3C1OC(=O)C3C2C(=O)O. The Balaban J connectivity index is 1.66. The molecule has 8 heteroatoms. The zero-order chi connectivity index (χ0) is 16.9. The van der Waals surface area contributed by atoms with Crippen molar-refractivity contribution in [2.24, 2.45) is 23.7 Å². The summed E-state index contributed by atoms with van der Waals surface area (Å²) >= 11 is 0. The molecule has 3 aliphatic rings. The lowest BCUT2D eigenvalue weighted by molar-refractivity contribution is -0.163. The third-order valence-corrected chi connectivity index (χ3v) is 4.88. The van der Waals surface area contributed by atoms with Gasteiger partial charge in [-0.3, -0.25) is 19.2 Å². The Hall–Kier alpha value is -2.38. The van der Waals surface area contributed by atoms with E-state index >= 15 is 0 Å². The largest absolute Gasteiger partial charge is 0.481 e. The van der Waals surface area contributed by atoms with E-state index in [-0.39, 0.29) is 18.0 Å². The van der Waals surface area contributed by atoms with Gasteiger partial charge < -0.3 is 19.9 Å². The second kappa shape index (κ2) is 5.36. The van der Waals surface area contributed by atoms with E-state index in [4.69, 9.17) is 9.47 Å². The number of hydrogen-bond donors (Lipinski definition) is 2. The molecule has 0 aromatic heterocycles. The van der Waals surface area contributed by atoms with Crippen molar-refractivity contribution in [1.29, 1.82) is 0 Å². The van der Waals surface area contributed by atoms with E-state index in [0.29, 0.717) is 6.42 Å². The number of ether oxygens (including phenoxy) is 2. The lowest BCUT2D eigenvalue weighted by Crippen LogP contribution is -2.44. The quantitative estimate of drug-likeness (QED) is 0.516. The van der Waals surface area contributed by atoms with Crippen LogP contribution in [0.25, 0.3) is 0 Å². The lowest BCUT2D eigenvalue weighted by Gasteiger charge is -2.29.